The van der Waals surface area contributed by atoms with Gasteiger partial charge in [-0.15, -0.1) is 11.3 Å². The lowest BCUT2D eigenvalue weighted by Crippen LogP contribution is -1.97. The number of fused-ring (bicyclic) bond motifs is 1. The molecule has 14 heavy (non-hydrogen) atoms. The zero-order valence-electron chi connectivity index (χ0n) is 6.82. The molecular weight excluding hydrogens is 315 g/mol. The van der Waals surface area contributed by atoms with Gasteiger partial charge in [-0.2, -0.15) is 0 Å². The van der Waals surface area contributed by atoms with Gasteiger partial charge in [0.05, 0.1) is 8.27 Å². The van der Waals surface area contributed by atoms with Crippen molar-refractivity contribution in [3.63, 3.8) is 0 Å². The van der Waals surface area contributed by atoms with E-state index in [2.05, 4.69) is 0 Å². The molecule has 2 N–H and O–H groups in total. The number of carboxylic acid groups (broad SMARTS) is 1. The highest BCUT2D eigenvalue weighted by Gasteiger charge is 2.16. The summed E-state index contributed by atoms with van der Waals surface area (Å²) in [5.41, 5.74) is -0.0414. The molecule has 72 valence electrons. The third-order valence-electron chi connectivity index (χ3n) is 1.89. The highest BCUT2D eigenvalue weighted by molar-refractivity contribution is 14.1. The molecule has 0 fully saturated rings. The largest absolute Gasteiger partial charge is 0.506 e. The topological polar surface area (TPSA) is 57.5 Å². The minimum absolute atomic E-state index is 0.0414. The van der Waals surface area contributed by atoms with Gasteiger partial charge in [0, 0.05) is 0 Å². The second-order valence-corrected chi connectivity index (χ2v) is 4.73. The van der Waals surface area contributed by atoms with Gasteiger partial charge in [-0.1, -0.05) is 0 Å². The van der Waals surface area contributed by atoms with Gasteiger partial charge in [-0.25, -0.2) is 4.79 Å². The van der Waals surface area contributed by atoms with Gasteiger partial charge in [-0.05, 0) is 45.5 Å². The Bertz CT molecular complexity index is 518. The van der Waals surface area contributed by atoms with Gasteiger partial charge in [0.1, 0.15) is 11.3 Å². The van der Waals surface area contributed by atoms with E-state index < -0.39 is 5.97 Å². The van der Waals surface area contributed by atoms with E-state index in [9.17, 15) is 9.90 Å². The third-order valence-corrected chi connectivity index (χ3v) is 4.25. The van der Waals surface area contributed by atoms with E-state index in [1.54, 1.807) is 0 Å². The summed E-state index contributed by atoms with van der Waals surface area (Å²) in [6.07, 6.45) is 0. The van der Waals surface area contributed by atoms with Gasteiger partial charge < -0.3 is 10.2 Å². The maximum Gasteiger partial charge on any atom is 0.339 e. The predicted octanol–water partition coefficient (Wildman–Crippen LogP) is 2.91. The van der Waals surface area contributed by atoms with E-state index in [0.717, 1.165) is 10.1 Å². The third kappa shape index (κ3) is 1.36. The molecule has 0 saturated carbocycles. The Morgan fingerprint density at radius 1 is 1.50 bits per heavy atom. The molecule has 0 spiro atoms. The van der Waals surface area contributed by atoms with Crippen molar-refractivity contribution in [2.75, 3.05) is 0 Å². The van der Waals surface area contributed by atoms with Crippen LogP contribution in [0.5, 0.6) is 5.75 Å². The first kappa shape index (κ1) is 9.72. The van der Waals surface area contributed by atoms with Crippen LogP contribution in [-0.2, 0) is 0 Å². The fraction of sp³-hybridized carbons (Fsp3) is 0. The summed E-state index contributed by atoms with van der Waals surface area (Å²) in [7, 11) is 0. The Balaban J connectivity index is 2.87. The molecule has 2 aromatic rings. The SMILES string of the molecule is O=C(O)c1cc2ccsc2c(I)c1O. The zero-order chi connectivity index (χ0) is 10.3. The first-order valence-electron chi connectivity index (χ1n) is 3.73. The lowest BCUT2D eigenvalue weighted by molar-refractivity contribution is 0.0694. The van der Waals surface area contributed by atoms with E-state index in [1.807, 2.05) is 34.0 Å². The fourth-order valence-electron chi connectivity index (χ4n) is 1.22. The smallest absolute Gasteiger partial charge is 0.339 e. The summed E-state index contributed by atoms with van der Waals surface area (Å²) in [4.78, 5) is 10.8. The quantitative estimate of drug-likeness (QED) is 0.795. The molecule has 3 nitrogen and oxygen atoms in total. The standard InChI is InChI=1S/C9H5IO3S/c10-6-7(11)5(9(12)13)3-4-1-2-14-8(4)6/h1-3,11H,(H,12,13). The highest BCUT2D eigenvalue weighted by Crippen LogP contribution is 2.35. The van der Waals surface area contributed by atoms with Crippen LogP contribution < -0.4 is 0 Å². The zero-order valence-corrected chi connectivity index (χ0v) is 9.79. The number of rotatable bonds is 1. The molecule has 1 aromatic carbocycles. The van der Waals surface area contributed by atoms with Crippen LogP contribution >= 0.6 is 33.9 Å². The van der Waals surface area contributed by atoms with E-state index in [4.69, 9.17) is 5.11 Å². The maximum absolute atomic E-state index is 10.8. The van der Waals surface area contributed by atoms with Gasteiger partial charge in [0.25, 0.3) is 0 Å². The maximum atomic E-state index is 10.8. The summed E-state index contributed by atoms with van der Waals surface area (Å²) < 4.78 is 1.53. The van der Waals surface area contributed by atoms with Crippen LogP contribution in [0.15, 0.2) is 17.5 Å². The van der Waals surface area contributed by atoms with Crippen LogP contribution in [0.1, 0.15) is 10.4 Å². The number of hydrogen-bond acceptors (Lipinski definition) is 3. The number of halogens is 1. The Hall–Kier alpha value is -0.820. The van der Waals surface area contributed by atoms with Crippen LogP contribution in [0.25, 0.3) is 10.1 Å². The molecule has 5 heteroatoms. The molecule has 0 aliphatic rings. The minimum Gasteiger partial charge on any atom is -0.506 e. The van der Waals surface area contributed by atoms with Gasteiger partial charge in [0.15, 0.2) is 0 Å². The van der Waals surface area contributed by atoms with E-state index in [1.165, 1.54) is 17.4 Å². The molecule has 0 amide bonds. The number of carbonyl (C=O) groups is 1. The van der Waals surface area contributed by atoms with Gasteiger partial charge >= 0.3 is 5.97 Å². The molecule has 0 saturated heterocycles. The fourth-order valence-corrected chi connectivity index (χ4v) is 3.02. The highest BCUT2D eigenvalue weighted by atomic mass is 127. The normalized spacial score (nSPS) is 10.6. The van der Waals surface area contributed by atoms with Crippen molar-refractivity contribution >= 4 is 50.0 Å². The van der Waals surface area contributed by atoms with Crippen molar-refractivity contribution in [1.29, 1.82) is 0 Å². The van der Waals surface area contributed by atoms with Crippen molar-refractivity contribution in [2.45, 2.75) is 0 Å². The Labute approximate surface area is 97.1 Å². The summed E-state index contributed by atoms with van der Waals surface area (Å²) in [5.74, 6) is -1.25. The second kappa shape index (κ2) is 3.39. The lowest BCUT2D eigenvalue weighted by Gasteiger charge is -2.02. The molecule has 0 aliphatic carbocycles. The summed E-state index contributed by atoms with van der Waals surface area (Å²) in [6, 6.07) is 3.33. The molecule has 0 radical (unpaired) electrons. The number of hydrogen-bond donors (Lipinski definition) is 2. The van der Waals surface area contributed by atoms with E-state index >= 15 is 0 Å². The molecule has 2 rings (SSSR count). The van der Waals surface area contributed by atoms with Gasteiger partial charge in [0.2, 0.25) is 0 Å². The van der Waals surface area contributed by atoms with Crippen molar-refractivity contribution in [3.05, 3.63) is 26.6 Å². The van der Waals surface area contributed by atoms with Crippen molar-refractivity contribution in [3.8, 4) is 5.75 Å². The lowest BCUT2D eigenvalue weighted by atomic mass is 10.1. The first-order chi connectivity index (χ1) is 6.61. The number of benzene rings is 1. The van der Waals surface area contributed by atoms with E-state index in [-0.39, 0.29) is 11.3 Å². The molecule has 0 unspecified atom stereocenters. The summed E-state index contributed by atoms with van der Waals surface area (Å²) in [5, 5.41) is 21.2. The number of thiophene rings is 1. The second-order valence-electron chi connectivity index (χ2n) is 2.73. The van der Waals surface area contributed by atoms with Crippen LogP contribution in [0.3, 0.4) is 0 Å². The monoisotopic (exact) mass is 320 g/mol. The van der Waals surface area contributed by atoms with E-state index in [0.29, 0.717) is 3.57 Å². The first-order valence-corrected chi connectivity index (χ1v) is 5.69. The van der Waals surface area contributed by atoms with Crippen molar-refractivity contribution in [1.82, 2.24) is 0 Å². The molecule has 0 atom stereocenters. The summed E-state index contributed by atoms with van der Waals surface area (Å²) in [6.45, 7) is 0. The molecule has 1 heterocycles. The Morgan fingerprint density at radius 3 is 2.86 bits per heavy atom. The molecular formula is C9H5IO3S. The van der Waals surface area contributed by atoms with Crippen molar-refractivity contribution < 1.29 is 15.0 Å². The Kier molecular flexibility index (Phi) is 2.36. The molecule has 1 aromatic heterocycles. The number of phenols is 1. The predicted molar refractivity (Wildman–Crippen MR) is 63.2 cm³/mol. The Morgan fingerprint density at radius 2 is 2.21 bits per heavy atom. The average molecular weight is 320 g/mol. The number of aromatic hydroxyl groups is 1. The minimum atomic E-state index is -1.10. The van der Waals surface area contributed by atoms with Crippen LogP contribution in [-0.4, -0.2) is 16.2 Å². The van der Waals surface area contributed by atoms with Crippen LogP contribution in [0.2, 0.25) is 0 Å². The van der Waals surface area contributed by atoms with Crippen LogP contribution in [0.4, 0.5) is 0 Å². The number of carboxylic acids is 1. The molecule has 0 bridgehead atoms. The average Bonchev–Trinajstić information content (AvgIpc) is 2.58. The summed E-state index contributed by atoms with van der Waals surface area (Å²) >= 11 is 3.44. The van der Waals surface area contributed by atoms with Crippen LogP contribution in [0, 0.1) is 3.57 Å². The molecule has 0 aliphatic heterocycles. The van der Waals surface area contributed by atoms with Gasteiger partial charge in [-0.3, -0.25) is 0 Å². The number of aromatic carboxylic acids is 1. The van der Waals surface area contributed by atoms with Crippen molar-refractivity contribution in [2.24, 2.45) is 0 Å².